The molecule has 1 saturated heterocycles. The van der Waals surface area contributed by atoms with Crippen LogP contribution in [0.25, 0.3) is 0 Å². The van der Waals surface area contributed by atoms with Gasteiger partial charge in [-0.15, -0.1) is 0 Å². The van der Waals surface area contributed by atoms with E-state index in [0.717, 1.165) is 44.1 Å². The van der Waals surface area contributed by atoms with E-state index in [-0.39, 0.29) is 6.03 Å². The number of carbonyl (C=O) groups is 1. The van der Waals surface area contributed by atoms with Crippen LogP contribution < -0.4 is 10.6 Å². The molecular formula is C12H19N3O2. The number of furan rings is 1. The second-order valence-electron chi connectivity index (χ2n) is 4.23. The highest BCUT2D eigenvalue weighted by Crippen LogP contribution is 2.06. The Hall–Kier alpha value is -1.49. The van der Waals surface area contributed by atoms with E-state index in [0.29, 0.717) is 6.54 Å². The number of nitrogens with zero attached hydrogens (tertiary/aromatic N) is 1. The summed E-state index contributed by atoms with van der Waals surface area (Å²) in [5.41, 5.74) is 0. The van der Waals surface area contributed by atoms with Crippen molar-refractivity contribution in [2.45, 2.75) is 13.3 Å². The lowest BCUT2D eigenvalue weighted by molar-refractivity contribution is 0.190. The second-order valence-corrected chi connectivity index (χ2v) is 4.23. The predicted octanol–water partition coefficient (Wildman–Crippen LogP) is 0.745. The van der Waals surface area contributed by atoms with E-state index in [4.69, 9.17) is 4.42 Å². The average molecular weight is 237 g/mol. The molecule has 0 aliphatic carbocycles. The number of amides is 2. The first kappa shape index (κ1) is 12.0. The Morgan fingerprint density at radius 1 is 1.47 bits per heavy atom. The van der Waals surface area contributed by atoms with E-state index in [1.54, 1.807) is 0 Å². The second kappa shape index (κ2) is 5.72. The Bertz CT molecular complexity index is 370. The molecule has 1 fully saturated rings. The Kier molecular flexibility index (Phi) is 4.03. The third kappa shape index (κ3) is 3.49. The first-order chi connectivity index (χ1) is 8.25. The summed E-state index contributed by atoms with van der Waals surface area (Å²) >= 11 is 0. The van der Waals surface area contributed by atoms with Gasteiger partial charge in [-0.2, -0.15) is 0 Å². The molecule has 1 aromatic rings. The first-order valence-electron chi connectivity index (χ1n) is 6.04. The minimum atomic E-state index is 0.0229. The van der Waals surface area contributed by atoms with Crippen LogP contribution in [-0.2, 0) is 6.42 Å². The molecule has 2 heterocycles. The van der Waals surface area contributed by atoms with Gasteiger partial charge in [-0.05, 0) is 19.1 Å². The molecule has 2 N–H and O–H groups in total. The van der Waals surface area contributed by atoms with Crippen LogP contribution in [0.3, 0.4) is 0 Å². The van der Waals surface area contributed by atoms with Gasteiger partial charge in [-0.1, -0.05) is 0 Å². The predicted molar refractivity (Wildman–Crippen MR) is 65.0 cm³/mol. The summed E-state index contributed by atoms with van der Waals surface area (Å²) in [6, 6.07) is 3.91. The highest BCUT2D eigenvalue weighted by molar-refractivity contribution is 5.74. The number of carbonyl (C=O) groups excluding carboxylic acids is 1. The van der Waals surface area contributed by atoms with Crippen LogP contribution in [0.4, 0.5) is 4.79 Å². The smallest absolute Gasteiger partial charge is 0.317 e. The van der Waals surface area contributed by atoms with Crippen molar-refractivity contribution in [3.63, 3.8) is 0 Å². The summed E-state index contributed by atoms with van der Waals surface area (Å²) in [6.07, 6.45) is 0.742. The van der Waals surface area contributed by atoms with Crippen LogP contribution in [0.5, 0.6) is 0 Å². The molecule has 5 nitrogen and oxygen atoms in total. The van der Waals surface area contributed by atoms with Gasteiger partial charge in [0.05, 0.1) is 0 Å². The van der Waals surface area contributed by atoms with Crippen molar-refractivity contribution in [3.05, 3.63) is 23.7 Å². The number of hydrogen-bond donors (Lipinski definition) is 2. The Morgan fingerprint density at radius 3 is 2.88 bits per heavy atom. The molecule has 94 valence electrons. The number of hydrogen-bond acceptors (Lipinski definition) is 3. The molecule has 0 unspecified atom stereocenters. The fourth-order valence-corrected chi connectivity index (χ4v) is 1.89. The summed E-state index contributed by atoms with van der Waals surface area (Å²) in [5, 5.41) is 6.13. The van der Waals surface area contributed by atoms with Crippen LogP contribution in [0, 0.1) is 6.92 Å². The van der Waals surface area contributed by atoms with E-state index in [1.165, 1.54) is 0 Å². The van der Waals surface area contributed by atoms with Crippen LogP contribution >= 0.6 is 0 Å². The summed E-state index contributed by atoms with van der Waals surface area (Å²) < 4.78 is 5.44. The third-order valence-corrected chi connectivity index (χ3v) is 2.85. The van der Waals surface area contributed by atoms with Crippen molar-refractivity contribution >= 4 is 6.03 Å². The van der Waals surface area contributed by atoms with Gasteiger partial charge in [0.1, 0.15) is 11.5 Å². The van der Waals surface area contributed by atoms with Gasteiger partial charge < -0.3 is 20.0 Å². The maximum absolute atomic E-state index is 11.7. The minimum absolute atomic E-state index is 0.0229. The van der Waals surface area contributed by atoms with Gasteiger partial charge in [0.2, 0.25) is 0 Å². The van der Waals surface area contributed by atoms with Gasteiger partial charge in [0.15, 0.2) is 0 Å². The van der Waals surface area contributed by atoms with Gasteiger partial charge in [-0.3, -0.25) is 0 Å². The summed E-state index contributed by atoms with van der Waals surface area (Å²) in [5.74, 6) is 1.83. The number of aryl methyl sites for hydroxylation is 1. The van der Waals surface area contributed by atoms with Gasteiger partial charge >= 0.3 is 6.03 Å². The largest absolute Gasteiger partial charge is 0.466 e. The normalized spacial score (nSPS) is 15.9. The molecule has 1 aromatic heterocycles. The maximum Gasteiger partial charge on any atom is 0.317 e. The molecular weight excluding hydrogens is 218 g/mol. The van der Waals surface area contributed by atoms with E-state index >= 15 is 0 Å². The highest BCUT2D eigenvalue weighted by Gasteiger charge is 2.15. The quantitative estimate of drug-likeness (QED) is 0.815. The van der Waals surface area contributed by atoms with Crippen LogP contribution in [-0.4, -0.2) is 43.7 Å². The number of piperazine rings is 1. The zero-order valence-electron chi connectivity index (χ0n) is 10.2. The monoisotopic (exact) mass is 237 g/mol. The first-order valence-corrected chi connectivity index (χ1v) is 6.04. The molecule has 0 saturated carbocycles. The Labute approximate surface area is 101 Å². The third-order valence-electron chi connectivity index (χ3n) is 2.85. The van der Waals surface area contributed by atoms with Crippen molar-refractivity contribution in [2.75, 3.05) is 32.7 Å². The minimum Gasteiger partial charge on any atom is -0.466 e. The zero-order valence-corrected chi connectivity index (χ0v) is 10.2. The lowest BCUT2D eigenvalue weighted by atomic mass is 10.3. The van der Waals surface area contributed by atoms with Gasteiger partial charge in [0, 0.05) is 39.1 Å². The van der Waals surface area contributed by atoms with E-state index in [9.17, 15) is 4.79 Å². The molecule has 0 bridgehead atoms. The lowest BCUT2D eigenvalue weighted by Crippen LogP contribution is -2.50. The number of urea groups is 1. The molecule has 2 amide bonds. The standard InChI is InChI=1S/C12H19N3O2/c1-10-2-3-11(17-10)4-5-14-12(16)15-8-6-13-7-9-15/h2-3,13H,4-9H2,1H3,(H,14,16). The number of rotatable bonds is 3. The fourth-order valence-electron chi connectivity index (χ4n) is 1.89. The molecule has 1 aliphatic heterocycles. The van der Waals surface area contributed by atoms with Gasteiger partial charge in [-0.25, -0.2) is 4.79 Å². The van der Waals surface area contributed by atoms with Crippen molar-refractivity contribution in [1.82, 2.24) is 15.5 Å². The SMILES string of the molecule is Cc1ccc(CCNC(=O)N2CCNCC2)o1. The molecule has 5 heteroatoms. The zero-order chi connectivity index (χ0) is 12.1. The summed E-state index contributed by atoms with van der Waals surface area (Å²) in [4.78, 5) is 13.6. The van der Waals surface area contributed by atoms with Crippen LogP contribution in [0.1, 0.15) is 11.5 Å². The van der Waals surface area contributed by atoms with Crippen molar-refractivity contribution in [1.29, 1.82) is 0 Å². The highest BCUT2D eigenvalue weighted by atomic mass is 16.3. The lowest BCUT2D eigenvalue weighted by Gasteiger charge is -2.27. The molecule has 0 atom stereocenters. The molecule has 0 aromatic carbocycles. The van der Waals surface area contributed by atoms with E-state index in [2.05, 4.69) is 10.6 Å². The molecule has 0 radical (unpaired) electrons. The Morgan fingerprint density at radius 2 is 2.24 bits per heavy atom. The molecule has 2 rings (SSSR count). The molecule has 1 aliphatic rings. The molecule has 0 spiro atoms. The van der Waals surface area contributed by atoms with E-state index < -0.39 is 0 Å². The van der Waals surface area contributed by atoms with Gasteiger partial charge in [0.25, 0.3) is 0 Å². The summed E-state index contributed by atoms with van der Waals surface area (Å²) in [6.45, 7) is 5.87. The van der Waals surface area contributed by atoms with Crippen molar-refractivity contribution in [3.8, 4) is 0 Å². The summed E-state index contributed by atoms with van der Waals surface area (Å²) in [7, 11) is 0. The fraction of sp³-hybridized carbons (Fsp3) is 0.583. The van der Waals surface area contributed by atoms with E-state index in [1.807, 2.05) is 24.0 Å². The van der Waals surface area contributed by atoms with Crippen LogP contribution in [0.15, 0.2) is 16.5 Å². The maximum atomic E-state index is 11.7. The van der Waals surface area contributed by atoms with Crippen molar-refractivity contribution in [2.24, 2.45) is 0 Å². The Balaban J connectivity index is 1.69. The van der Waals surface area contributed by atoms with Crippen LogP contribution in [0.2, 0.25) is 0 Å². The topological polar surface area (TPSA) is 57.5 Å². The average Bonchev–Trinajstić information content (AvgIpc) is 2.76. The number of nitrogens with one attached hydrogen (secondary N) is 2. The molecule has 17 heavy (non-hydrogen) atoms. The van der Waals surface area contributed by atoms with Crippen molar-refractivity contribution < 1.29 is 9.21 Å².